The van der Waals surface area contributed by atoms with Gasteiger partial charge in [-0.3, -0.25) is 10.0 Å². The van der Waals surface area contributed by atoms with Gasteiger partial charge in [-0.2, -0.15) is 0 Å². The van der Waals surface area contributed by atoms with Crippen molar-refractivity contribution in [2.75, 3.05) is 0 Å². The van der Waals surface area contributed by atoms with Crippen LogP contribution in [0.3, 0.4) is 0 Å². The number of hydrogen-bond donors (Lipinski definition) is 2. The Hall–Kier alpha value is -2.47. The number of para-hydroxylation sites is 1. The van der Waals surface area contributed by atoms with E-state index in [0.717, 1.165) is 0 Å². The predicted molar refractivity (Wildman–Crippen MR) is 57.8 cm³/mol. The van der Waals surface area contributed by atoms with E-state index in [0.29, 0.717) is 0 Å². The van der Waals surface area contributed by atoms with E-state index in [1.807, 2.05) is 0 Å². The van der Waals surface area contributed by atoms with Crippen molar-refractivity contribution in [1.29, 1.82) is 0 Å². The second-order valence-electron chi connectivity index (χ2n) is 3.07. The van der Waals surface area contributed by atoms with Gasteiger partial charge in [0.1, 0.15) is 5.75 Å². The fraction of sp³-hybridized carbons (Fsp3) is 0. The van der Waals surface area contributed by atoms with Gasteiger partial charge in [0.05, 0.1) is 5.56 Å². The molecule has 0 aliphatic heterocycles. The summed E-state index contributed by atoms with van der Waals surface area (Å²) in [5.41, 5.74) is 1.74. The first-order valence-electron chi connectivity index (χ1n) is 4.79. The van der Waals surface area contributed by atoms with Crippen LogP contribution in [0, 0.1) is 0 Å². The third-order valence-electron chi connectivity index (χ3n) is 1.98. The van der Waals surface area contributed by atoms with Gasteiger partial charge in [-0.05, 0) is 18.2 Å². The minimum absolute atomic E-state index is 0.130. The molecule has 0 fully saturated rings. The molecule has 0 saturated heterocycles. The van der Waals surface area contributed by atoms with E-state index in [4.69, 9.17) is 9.94 Å². The molecule has 0 aliphatic rings. The summed E-state index contributed by atoms with van der Waals surface area (Å²) in [6.07, 6.45) is 3.05. The number of amides is 1. The molecule has 0 unspecified atom stereocenters. The molecule has 1 aromatic heterocycles. The zero-order valence-corrected chi connectivity index (χ0v) is 8.70. The van der Waals surface area contributed by atoms with Gasteiger partial charge in [0.15, 0.2) is 0 Å². The summed E-state index contributed by atoms with van der Waals surface area (Å²) in [4.78, 5) is 19.1. The highest BCUT2D eigenvalue weighted by molar-refractivity contribution is 5.96. The number of rotatable bonds is 3. The molecule has 0 spiro atoms. The summed E-state index contributed by atoms with van der Waals surface area (Å²) < 4.78 is 5.34. The maximum absolute atomic E-state index is 11.3. The van der Waals surface area contributed by atoms with Gasteiger partial charge in [0.25, 0.3) is 5.91 Å². The largest absolute Gasteiger partial charge is 0.423 e. The number of ether oxygens (including phenoxy) is 1. The number of hydroxylamine groups is 1. The first-order valence-corrected chi connectivity index (χ1v) is 4.79. The average Bonchev–Trinajstić information content (AvgIpc) is 2.40. The SMILES string of the molecule is O=C(NO)c1ccccc1Oc1ncccn1. The fourth-order valence-electron chi connectivity index (χ4n) is 1.24. The van der Waals surface area contributed by atoms with Gasteiger partial charge >= 0.3 is 6.01 Å². The van der Waals surface area contributed by atoms with Crippen molar-refractivity contribution in [3.63, 3.8) is 0 Å². The Labute approximate surface area is 96.9 Å². The molecule has 0 aliphatic carbocycles. The standard InChI is InChI=1S/C11H9N3O3/c15-10(14-16)8-4-1-2-5-9(8)17-11-12-6-3-7-13-11/h1-7,16H,(H,14,15). The van der Waals surface area contributed by atoms with E-state index in [1.165, 1.54) is 18.5 Å². The normalized spacial score (nSPS) is 9.71. The maximum Gasteiger partial charge on any atom is 0.321 e. The van der Waals surface area contributed by atoms with Crippen LogP contribution in [-0.2, 0) is 0 Å². The van der Waals surface area contributed by atoms with Gasteiger partial charge in [-0.15, -0.1) is 0 Å². The summed E-state index contributed by atoms with van der Waals surface area (Å²) in [5.74, 6) is -0.387. The highest BCUT2D eigenvalue weighted by Crippen LogP contribution is 2.21. The smallest absolute Gasteiger partial charge is 0.321 e. The van der Waals surface area contributed by atoms with Crippen molar-refractivity contribution >= 4 is 5.91 Å². The van der Waals surface area contributed by atoms with Crippen molar-refractivity contribution in [2.45, 2.75) is 0 Å². The fourth-order valence-corrected chi connectivity index (χ4v) is 1.24. The van der Waals surface area contributed by atoms with E-state index in [9.17, 15) is 4.79 Å². The molecule has 0 bridgehead atoms. The van der Waals surface area contributed by atoms with E-state index in [1.54, 1.807) is 29.7 Å². The van der Waals surface area contributed by atoms with Gasteiger partial charge in [-0.1, -0.05) is 12.1 Å². The van der Waals surface area contributed by atoms with Crippen LogP contribution in [0.15, 0.2) is 42.7 Å². The van der Waals surface area contributed by atoms with Crippen LogP contribution in [-0.4, -0.2) is 21.1 Å². The molecule has 6 nitrogen and oxygen atoms in total. The van der Waals surface area contributed by atoms with Crippen molar-refractivity contribution in [2.24, 2.45) is 0 Å². The van der Waals surface area contributed by atoms with Crippen LogP contribution in [0.25, 0.3) is 0 Å². The van der Waals surface area contributed by atoms with E-state index < -0.39 is 5.91 Å². The number of aromatic nitrogens is 2. The molecule has 2 rings (SSSR count). The maximum atomic E-state index is 11.3. The Morgan fingerprint density at radius 1 is 1.18 bits per heavy atom. The Morgan fingerprint density at radius 3 is 2.59 bits per heavy atom. The van der Waals surface area contributed by atoms with Gasteiger partial charge in [0, 0.05) is 12.4 Å². The average molecular weight is 231 g/mol. The van der Waals surface area contributed by atoms with Crippen LogP contribution in [0.5, 0.6) is 11.8 Å². The van der Waals surface area contributed by atoms with Crippen molar-refractivity contribution in [1.82, 2.24) is 15.4 Å². The van der Waals surface area contributed by atoms with Crippen molar-refractivity contribution < 1.29 is 14.7 Å². The summed E-state index contributed by atoms with van der Waals surface area (Å²) in [5, 5.41) is 8.59. The van der Waals surface area contributed by atoms with Crippen LogP contribution in [0.4, 0.5) is 0 Å². The zero-order valence-electron chi connectivity index (χ0n) is 8.70. The second-order valence-corrected chi connectivity index (χ2v) is 3.07. The topological polar surface area (TPSA) is 84.3 Å². The number of nitrogens with zero attached hydrogens (tertiary/aromatic N) is 2. The summed E-state index contributed by atoms with van der Waals surface area (Å²) in [6.45, 7) is 0. The Bertz CT molecular complexity index is 516. The monoisotopic (exact) mass is 231 g/mol. The number of nitrogens with one attached hydrogen (secondary N) is 1. The Morgan fingerprint density at radius 2 is 1.88 bits per heavy atom. The molecule has 17 heavy (non-hydrogen) atoms. The number of carbonyl (C=O) groups excluding carboxylic acids is 1. The molecule has 1 aromatic carbocycles. The molecule has 0 radical (unpaired) electrons. The lowest BCUT2D eigenvalue weighted by molar-refractivity contribution is 0.0703. The van der Waals surface area contributed by atoms with E-state index in [2.05, 4.69) is 9.97 Å². The molecular formula is C11H9N3O3. The van der Waals surface area contributed by atoms with Gasteiger partial charge < -0.3 is 4.74 Å². The lowest BCUT2D eigenvalue weighted by Gasteiger charge is -2.07. The Balaban J connectivity index is 2.30. The van der Waals surface area contributed by atoms with Gasteiger partial charge in [0.2, 0.25) is 0 Å². The number of carbonyl (C=O) groups is 1. The first-order chi connectivity index (χ1) is 8.31. The van der Waals surface area contributed by atoms with E-state index in [-0.39, 0.29) is 17.3 Å². The summed E-state index contributed by atoms with van der Waals surface area (Å²) in [7, 11) is 0. The molecule has 6 heteroatoms. The molecule has 86 valence electrons. The van der Waals surface area contributed by atoms with Crippen molar-refractivity contribution in [3.8, 4) is 11.8 Å². The number of hydrogen-bond acceptors (Lipinski definition) is 5. The second kappa shape index (κ2) is 5.04. The molecule has 1 amide bonds. The lowest BCUT2D eigenvalue weighted by Crippen LogP contribution is -2.19. The van der Waals surface area contributed by atoms with Crippen LogP contribution in [0.2, 0.25) is 0 Å². The first kappa shape index (κ1) is 11.0. The van der Waals surface area contributed by atoms with E-state index >= 15 is 0 Å². The third kappa shape index (κ3) is 2.56. The third-order valence-corrected chi connectivity index (χ3v) is 1.98. The highest BCUT2D eigenvalue weighted by atomic mass is 16.5. The van der Waals surface area contributed by atoms with Crippen LogP contribution >= 0.6 is 0 Å². The molecular weight excluding hydrogens is 222 g/mol. The number of benzene rings is 1. The summed E-state index contributed by atoms with van der Waals surface area (Å²) in [6, 6.07) is 8.24. The molecule has 2 N–H and O–H groups in total. The molecule has 2 aromatic rings. The quantitative estimate of drug-likeness (QED) is 0.616. The predicted octanol–water partition coefficient (Wildman–Crippen LogP) is 1.39. The molecule has 1 heterocycles. The minimum atomic E-state index is -0.656. The molecule has 0 saturated carbocycles. The Kier molecular flexibility index (Phi) is 3.27. The van der Waals surface area contributed by atoms with Crippen LogP contribution < -0.4 is 10.2 Å². The van der Waals surface area contributed by atoms with Crippen molar-refractivity contribution in [3.05, 3.63) is 48.3 Å². The lowest BCUT2D eigenvalue weighted by atomic mass is 10.2. The highest BCUT2D eigenvalue weighted by Gasteiger charge is 2.12. The zero-order chi connectivity index (χ0) is 12.1. The molecule has 0 atom stereocenters. The minimum Gasteiger partial charge on any atom is -0.423 e. The van der Waals surface area contributed by atoms with Gasteiger partial charge in [-0.25, -0.2) is 15.4 Å². The summed E-state index contributed by atoms with van der Waals surface area (Å²) >= 11 is 0. The van der Waals surface area contributed by atoms with Crippen LogP contribution in [0.1, 0.15) is 10.4 Å².